The Morgan fingerprint density at radius 3 is 2.36 bits per heavy atom. The van der Waals surface area contributed by atoms with Crippen LogP contribution in [-0.2, 0) is 16.4 Å². The van der Waals surface area contributed by atoms with Crippen LogP contribution in [0.15, 0.2) is 70.6 Å². The molecule has 2 aromatic carbocycles. The molecular formula is C25H27FN4O2S. The van der Waals surface area contributed by atoms with Gasteiger partial charge in [-0.3, -0.25) is 4.90 Å². The molecule has 3 aromatic rings. The highest BCUT2D eigenvalue weighted by molar-refractivity contribution is 7.91. The van der Waals surface area contributed by atoms with Crippen LogP contribution in [0, 0.1) is 24.6 Å². The number of hydrogen-bond acceptors (Lipinski definition) is 6. The molecule has 2 fully saturated rings. The maximum atomic E-state index is 13.5. The third kappa shape index (κ3) is 4.63. The van der Waals surface area contributed by atoms with Gasteiger partial charge < -0.3 is 5.32 Å². The van der Waals surface area contributed by atoms with E-state index >= 15 is 0 Å². The van der Waals surface area contributed by atoms with Crippen molar-refractivity contribution in [1.29, 1.82) is 0 Å². The Morgan fingerprint density at radius 2 is 1.73 bits per heavy atom. The molecule has 33 heavy (non-hydrogen) atoms. The Balaban J connectivity index is 1.16. The molecule has 1 aliphatic heterocycles. The second kappa shape index (κ2) is 8.83. The molecule has 5 rings (SSSR count). The van der Waals surface area contributed by atoms with E-state index in [4.69, 9.17) is 0 Å². The molecule has 1 N–H and O–H groups in total. The van der Waals surface area contributed by atoms with Gasteiger partial charge in [0.15, 0.2) is 5.03 Å². The number of sulfone groups is 1. The van der Waals surface area contributed by atoms with E-state index in [0.717, 1.165) is 38.0 Å². The minimum atomic E-state index is -3.66. The largest absolute Gasteiger partial charge is 0.366 e. The third-order valence-corrected chi connectivity index (χ3v) is 8.44. The zero-order valence-electron chi connectivity index (χ0n) is 18.5. The van der Waals surface area contributed by atoms with E-state index in [0.29, 0.717) is 29.3 Å². The average molecular weight is 467 g/mol. The Morgan fingerprint density at radius 1 is 1.00 bits per heavy atom. The van der Waals surface area contributed by atoms with Crippen molar-refractivity contribution >= 4 is 15.7 Å². The highest BCUT2D eigenvalue weighted by Crippen LogP contribution is 2.39. The second-order valence-corrected chi connectivity index (χ2v) is 11.1. The van der Waals surface area contributed by atoms with E-state index in [1.807, 2.05) is 12.1 Å². The average Bonchev–Trinajstić information content (AvgIpc) is 3.35. The molecule has 8 heteroatoms. The Bertz CT molecular complexity index is 1220. The number of rotatable bonds is 6. The van der Waals surface area contributed by atoms with Crippen LogP contribution < -0.4 is 5.32 Å². The van der Waals surface area contributed by atoms with E-state index in [1.54, 1.807) is 49.4 Å². The van der Waals surface area contributed by atoms with Crippen molar-refractivity contribution in [2.75, 3.05) is 18.4 Å². The number of anilines is 1. The smallest absolute Gasteiger partial charge is 0.225 e. The summed E-state index contributed by atoms with van der Waals surface area (Å²) in [6, 6.07) is 17.2. The predicted octanol–water partition coefficient (Wildman–Crippen LogP) is 4.08. The molecule has 0 unspecified atom stereocenters. The summed E-state index contributed by atoms with van der Waals surface area (Å²) in [5, 5.41) is 11.5. The van der Waals surface area contributed by atoms with Gasteiger partial charge in [0.1, 0.15) is 11.6 Å². The molecule has 172 valence electrons. The number of hydrogen-bond donors (Lipinski definition) is 1. The molecule has 0 radical (unpaired) electrons. The molecular weight excluding hydrogens is 439 g/mol. The number of aromatic nitrogens is 2. The molecule has 0 bridgehead atoms. The van der Waals surface area contributed by atoms with Crippen molar-refractivity contribution in [3.05, 3.63) is 77.6 Å². The highest BCUT2D eigenvalue weighted by atomic mass is 32.2. The first-order valence-corrected chi connectivity index (χ1v) is 12.7. The second-order valence-electron chi connectivity index (χ2n) is 9.18. The van der Waals surface area contributed by atoms with Crippen LogP contribution in [0.4, 0.5) is 10.2 Å². The summed E-state index contributed by atoms with van der Waals surface area (Å²) in [5.74, 6) is 1.69. The van der Waals surface area contributed by atoms with E-state index in [-0.39, 0.29) is 15.7 Å². The highest BCUT2D eigenvalue weighted by Gasteiger charge is 2.40. The number of fused-ring (bicyclic) bond motifs is 1. The molecule has 6 nitrogen and oxygen atoms in total. The Kier molecular flexibility index (Phi) is 5.88. The monoisotopic (exact) mass is 466 g/mol. The summed E-state index contributed by atoms with van der Waals surface area (Å²) in [6.45, 7) is 4.74. The van der Waals surface area contributed by atoms with Gasteiger partial charge >= 0.3 is 0 Å². The minimum Gasteiger partial charge on any atom is -0.366 e. The fourth-order valence-corrected chi connectivity index (χ4v) is 6.33. The lowest BCUT2D eigenvalue weighted by atomic mass is 10.0. The van der Waals surface area contributed by atoms with Crippen molar-refractivity contribution in [2.24, 2.45) is 11.8 Å². The van der Waals surface area contributed by atoms with Gasteiger partial charge in [-0.05, 0) is 73.1 Å². The van der Waals surface area contributed by atoms with E-state index in [1.165, 1.54) is 6.07 Å². The number of halogens is 1. The van der Waals surface area contributed by atoms with Crippen LogP contribution in [0.5, 0.6) is 0 Å². The number of likely N-dealkylation sites (tertiary alicyclic amines) is 1. The third-order valence-electron chi connectivity index (χ3n) is 6.78. The van der Waals surface area contributed by atoms with Crippen molar-refractivity contribution < 1.29 is 12.8 Å². The quantitative estimate of drug-likeness (QED) is 0.590. The first kappa shape index (κ1) is 22.0. The van der Waals surface area contributed by atoms with Crippen LogP contribution in [0.1, 0.15) is 24.0 Å². The molecule has 2 heterocycles. The molecule has 1 aromatic heterocycles. The lowest BCUT2D eigenvalue weighted by Gasteiger charge is -2.20. The Labute approximate surface area is 193 Å². The summed E-state index contributed by atoms with van der Waals surface area (Å²) in [5.41, 5.74) is 1.85. The van der Waals surface area contributed by atoms with Crippen molar-refractivity contribution in [3.63, 3.8) is 0 Å². The first-order chi connectivity index (χ1) is 15.9. The lowest BCUT2D eigenvalue weighted by Crippen LogP contribution is -2.25. The SMILES string of the molecule is Cc1cc(CN2C[C@H]3C[C@@H](Nc4ccc(S(=O)(=O)c5ccccc5)nn4)C[C@H]3C2)ccc1F. The fraction of sp³-hybridized carbons (Fsp3) is 0.360. The van der Waals surface area contributed by atoms with Gasteiger partial charge in [-0.25, -0.2) is 12.8 Å². The summed E-state index contributed by atoms with van der Waals surface area (Å²) in [6.07, 6.45) is 2.10. The maximum Gasteiger partial charge on any atom is 0.225 e. The van der Waals surface area contributed by atoms with Crippen LogP contribution in [-0.4, -0.2) is 42.6 Å². The minimum absolute atomic E-state index is 0.0470. The van der Waals surface area contributed by atoms with Gasteiger partial charge in [0.2, 0.25) is 9.84 Å². The Hall–Kier alpha value is -2.84. The summed E-state index contributed by atoms with van der Waals surface area (Å²) < 4.78 is 38.9. The number of aryl methyl sites for hydroxylation is 1. The molecule has 1 saturated carbocycles. The van der Waals surface area contributed by atoms with Gasteiger partial charge in [-0.1, -0.05) is 30.3 Å². The van der Waals surface area contributed by atoms with Crippen molar-refractivity contribution in [2.45, 2.75) is 42.3 Å². The zero-order chi connectivity index (χ0) is 23.0. The first-order valence-electron chi connectivity index (χ1n) is 11.3. The van der Waals surface area contributed by atoms with Gasteiger partial charge in [0, 0.05) is 25.7 Å². The van der Waals surface area contributed by atoms with E-state index < -0.39 is 9.84 Å². The van der Waals surface area contributed by atoms with Crippen LogP contribution in [0.25, 0.3) is 0 Å². The van der Waals surface area contributed by atoms with Crippen LogP contribution in [0.3, 0.4) is 0 Å². The van der Waals surface area contributed by atoms with Crippen molar-refractivity contribution in [3.8, 4) is 0 Å². The molecule has 1 aliphatic carbocycles. The van der Waals surface area contributed by atoms with Crippen LogP contribution in [0.2, 0.25) is 0 Å². The van der Waals surface area contributed by atoms with Gasteiger partial charge in [0.25, 0.3) is 0 Å². The van der Waals surface area contributed by atoms with Crippen LogP contribution >= 0.6 is 0 Å². The molecule has 3 atom stereocenters. The van der Waals surface area contributed by atoms with E-state index in [2.05, 4.69) is 20.4 Å². The topological polar surface area (TPSA) is 75.2 Å². The zero-order valence-corrected chi connectivity index (χ0v) is 19.3. The summed E-state index contributed by atoms with van der Waals surface area (Å²) >= 11 is 0. The lowest BCUT2D eigenvalue weighted by molar-refractivity contribution is 0.301. The van der Waals surface area contributed by atoms with Gasteiger partial charge in [-0.15, -0.1) is 10.2 Å². The van der Waals surface area contributed by atoms with Crippen molar-refractivity contribution in [1.82, 2.24) is 15.1 Å². The summed E-state index contributed by atoms with van der Waals surface area (Å²) in [7, 11) is -3.66. The fourth-order valence-electron chi connectivity index (χ4n) is 5.18. The molecule has 0 spiro atoms. The number of nitrogens with zero attached hydrogens (tertiary/aromatic N) is 3. The number of benzene rings is 2. The molecule has 1 saturated heterocycles. The van der Waals surface area contributed by atoms with Gasteiger partial charge in [0.05, 0.1) is 4.90 Å². The summed E-state index contributed by atoms with van der Waals surface area (Å²) in [4.78, 5) is 2.67. The predicted molar refractivity (Wildman–Crippen MR) is 124 cm³/mol. The molecule has 0 amide bonds. The van der Waals surface area contributed by atoms with Gasteiger partial charge in [-0.2, -0.15) is 0 Å². The standard InChI is InChI=1S/C25H27FN4O2S/c1-17-11-18(7-8-23(17)26)14-30-15-19-12-21(13-20(19)16-30)27-24-9-10-25(29-28-24)33(31,32)22-5-3-2-4-6-22/h2-11,19-21H,12-16H2,1H3,(H,27,28)/t19-,20+,21-. The molecule has 2 aliphatic rings. The normalized spacial score (nSPS) is 22.9. The number of nitrogens with one attached hydrogen (secondary N) is 1. The van der Waals surface area contributed by atoms with E-state index in [9.17, 15) is 12.8 Å². The maximum absolute atomic E-state index is 13.5.